The van der Waals surface area contributed by atoms with Gasteiger partial charge in [0, 0.05) is 6.04 Å². The first-order valence-electron chi connectivity index (χ1n) is 7.54. The lowest BCUT2D eigenvalue weighted by Gasteiger charge is -2.28. The van der Waals surface area contributed by atoms with Crippen LogP contribution in [0.25, 0.3) is 0 Å². The van der Waals surface area contributed by atoms with Gasteiger partial charge in [-0.05, 0) is 54.9 Å². The van der Waals surface area contributed by atoms with Crippen LogP contribution >= 0.6 is 0 Å². The first kappa shape index (κ1) is 12.2. The lowest BCUT2D eigenvalue weighted by molar-refractivity contribution is 0.285. The van der Waals surface area contributed by atoms with Gasteiger partial charge in [0.05, 0.1) is 0 Å². The lowest BCUT2D eigenvalue weighted by atomic mass is 9.80. The summed E-state index contributed by atoms with van der Waals surface area (Å²) in [5, 5.41) is 0. The standard InChI is InChI=1S/C17H25N/c1-12(14-5-3-2-4-6-14)17(18)11-16-10-13-7-8-15(16)9-13/h2-6,12-13,15-17H,7-11,18H2,1H3. The van der Waals surface area contributed by atoms with Crippen LogP contribution in [-0.2, 0) is 0 Å². The van der Waals surface area contributed by atoms with Gasteiger partial charge in [0.25, 0.3) is 0 Å². The van der Waals surface area contributed by atoms with E-state index in [1.807, 2.05) is 0 Å². The molecule has 0 amide bonds. The third-order valence-electron chi connectivity index (χ3n) is 5.43. The molecule has 2 fully saturated rings. The Bertz CT molecular complexity index is 386. The molecule has 1 aromatic carbocycles. The molecule has 18 heavy (non-hydrogen) atoms. The quantitative estimate of drug-likeness (QED) is 0.851. The smallest absolute Gasteiger partial charge is 0.0108 e. The summed E-state index contributed by atoms with van der Waals surface area (Å²) in [7, 11) is 0. The molecule has 3 rings (SSSR count). The van der Waals surface area contributed by atoms with Crippen LogP contribution in [0.1, 0.15) is 50.5 Å². The summed E-state index contributed by atoms with van der Waals surface area (Å²) in [5.41, 5.74) is 7.86. The fourth-order valence-electron chi connectivity index (χ4n) is 4.22. The molecule has 1 heteroatoms. The summed E-state index contributed by atoms with van der Waals surface area (Å²) in [5.74, 6) is 3.46. The molecule has 0 radical (unpaired) electrons. The largest absolute Gasteiger partial charge is 0.327 e. The van der Waals surface area contributed by atoms with Crippen LogP contribution in [0.4, 0.5) is 0 Å². The van der Waals surface area contributed by atoms with E-state index in [-0.39, 0.29) is 0 Å². The summed E-state index contributed by atoms with van der Waals surface area (Å²) in [6, 6.07) is 11.1. The molecule has 0 spiro atoms. The highest BCUT2D eigenvalue weighted by molar-refractivity contribution is 5.20. The minimum Gasteiger partial charge on any atom is -0.327 e. The molecule has 0 heterocycles. The molecule has 2 aliphatic carbocycles. The van der Waals surface area contributed by atoms with E-state index in [1.165, 1.54) is 37.7 Å². The van der Waals surface area contributed by atoms with Gasteiger partial charge in [0.2, 0.25) is 0 Å². The van der Waals surface area contributed by atoms with Crippen molar-refractivity contribution < 1.29 is 0 Å². The predicted molar refractivity (Wildman–Crippen MR) is 76.4 cm³/mol. The fourth-order valence-corrected chi connectivity index (χ4v) is 4.22. The first-order valence-corrected chi connectivity index (χ1v) is 7.54. The number of nitrogens with two attached hydrogens (primary N) is 1. The van der Waals surface area contributed by atoms with Crippen LogP contribution < -0.4 is 5.73 Å². The zero-order chi connectivity index (χ0) is 12.5. The predicted octanol–water partition coefficient (Wildman–Crippen LogP) is 3.94. The van der Waals surface area contributed by atoms with Gasteiger partial charge in [0.15, 0.2) is 0 Å². The molecule has 2 bridgehead atoms. The van der Waals surface area contributed by atoms with Crippen LogP contribution in [-0.4, -0.2) is 6.04 Å². The van der Waals surface area contributed by atoms with Gasteiger partial charge < -0.3 is 5.73 Å². The highest BCUT2D eigenvalue weighted by Gasteiger charge is 2.40. The zero-order valence-corrected chi connectivity index (χ0v) is 11.4. The second-order valence-electron chi connectivity index (χ2n) is 6.53. The highest BCUT2D eigenvalue weighted by atomic mass is 14.7. The Morgan fingerprint density at radius 1 is 1.17 bits per heavy atom. The maximum atomic E-state index is 6.46. The van der Waals surface area contributed by atoms with Crippen molar-refractivity contribution in [3.8, 4) is 0 Å². The van der Waals surface area contributed by atoms with E-state index in [0.717, 1.165) is 17.8 Å². The van der Waals surface area contributed by atoms with E-state index in [4.69, 9.17) is 5.73 Å². The molecule has 2 N–H and O–H groups in total. The average Bonchev–Trinajstić information content (AvgIpc) is 3.01. The average molecular weight is 243 g/mol. The van der Waals surface area contributed by atoms with Crippen molar-refractivity contribution in [2.24, 2.45) is 23.5 Å². The van der Waals surface area contributed by atoms with Crippen molar-refractivity contribution >= 4 is 0 Å². The molecule has 0 aliphatic heterocycles. The van der Waals surface area contributed by atoms with Gasteiger partial charge in [-0.15, -0.1) is 0 Å². The van der Waals surface area contributed by atoms with E-state index < -0.39 is 0 Å². The Balaban J connectivity index is 1.60. The van der Waals surface area contributed by atoms with Crippen LogP contribution in [0.15, 0.2) is 30.3 Å². The lowest BCUT2D eigenvalue weighted by Crippen LogP contribution is -2.31. The summed E-state index contributed by atoms with van der Waals surface area (Å²) in [4.78, 5) is 0. The molecular formula is C17H25N. The zero-order valence-electron chi connectivity index (χ0n) is 11.4. The molecule has 1 nitrogen and oxygen atoms in total. The van der Waals surface area contributed by atoms with Crippen LogP contribution in [0.5, 0.6) is 0 Å². The van der Waals surface area contributed by atoms with Crippen LogP contribution in [0.3, 0.4) is 0 Å². The first-order chi connectivity index (χ1) is 8.74. The highest BCUT2D eigenvalue weighted by Crippen LogP contribution is 2.50. The summed E-state index contributed by atoms with van der Waals surface area (Å²) in [6.45, 7) is 2.28. The maximum Gasteiger partial charge on any atom is 0.0108 e. The minimum atomic E-state index is 0.330. The molecule has 1 aromatic rings. The summed E-state index contributed by atoms with van der Waals surface area (Å²) < 4.78 is 0. The van der Waals surface area contributed by atoms with Crippen molar-refractivity contribution in [1.82, 2.24) is 0 Å². The van der Waals surface area contributed by atoms with Crippen molar-refractivity contribution in [1.29, 1.82) is 0 Å². The van der Waals surface area contributed by atoms with Gasteiger partial charge >= 0.3 is 0 Å². The van der Waals surface area contributed by atoms with E-state index >= 15 is 0 Å². The Morgan fingerprint density at radius 3 is 2.56 bits per heavy atom. The Hall–Kier alpha value is -0.820. The van der Waals surface area contributed by atoms with Gasteiger partial charge in [0.1, 0.15) is 0 Å². The topological polar surface area (TPSA) is 26.0 Å². The molecule has 98 valence electrons. The molecule has 2 aliphatic rings. The second-order valence-corrected chi connectivity index (χ2v) is 6.53. The van der Waals surface area contributed by atoms with Gasteiger partial charge in [-0.2, -0.15) is 0 Å². The number of rotatable bonds is 4. The van der Waals surface area contributed by atoms with E-state index in [0.29, 0.717) is 12.0 Å². The number of benzene rings is 1. The van der Waals surface area contributed by atoms with Crippen LogP contribution in [0, 0.1) is 17.8 Å². The Labute approximate surface area is 111 Å². The van der Waals surface area contributed by atoms with Crippen molar-refractivity contribution in [3.05, 3.63) is 35.9 Å². The number of fused-ring (bicyclic) bond motifs is 2. The molecule has 2 saturated carbocycles. The molecule has 5 atom stereocenters. The number of hydrogen-bond donors (Lipinski definition) is 1. The number of hydrogen-bond acceptors (Lipinski definition) is 1. The van der Waals surface area contributed by atoms with Crippen LogP contribution in [0.2, 0.25) is 0 Å². The van der Waals surface area contributed by atoms with Gasteiger partial charge in [-0.25, -0.2) is 0 Å². The third-order valence-corrected chi connectivity index (χ3v) is 5.43. The fraction of sp³-hybridized carbons (Fsp3) is 0.647. The van der Waals surface area contributed by atoms with Crippen molar-refractivity contribution in [2.75, 3.05) is 0 Å². The van der Waals surface area contributed by atoms with Gasteiger partial charge in [-0.1, -0.05) is 43.7 Å². The summed E-state index contributed by atoms with van der Waals surface area (Å²) >= 11 is 0. The van der Waals surface area contributed by atoms with E-state index in [2.05, 4.69) is 37.3 Å². The molecular weight excluding hydrogens is 218 g/mol. The van der Waals surface area contributed by atoms with Crippen molar-refractivity contribution in [3.63, 3.8) is 0 Å². The van der Waals surface area contributed by atoms with E-state index in [1.54, 1.807) is 0 Å². The summed E-state index contributed by atoms with van der Waals surface area (Å²) in [6.07, 6.45) is 7.15. The normalized spacial score (nSPS) is 33.6. The Kier molecular flexibility index (Phi) is 3.43. The van der Waals surface area contributed by atoms with Crippen molar-refractivity contribution in [2.45, 2.75) is 51.0 Å². The molecule has 5 unspecified atom stereocenters. The molecule has 0 saturated heterocycles. The Morgan fingerprint density at radius 2 is 1.94 bits per heavy atom. The second kappa shape index (κ2) is 5.05. The minimum absolute atomic E-state index is 0.330. The maximum absolute atomic E-state index is 6.46. The SMILES string of the molecule is CC(c1ccccc1)C(N)CC1CC2CCC1C2. The monoisotopic (exact) mass is 243 g/mol. The molecule has 0 aromatic heterocycles. The van der Waals surface area contributed by atoms with Gasteiger partial charge in [-0.3, -0.25) is 0 Å². The van der Waals surface area contributed by atoms with E-state index in [9.17, 15) is 0 Å². The third kappa shape index (κ3) is 2.33.